The lowest BCUT2D eigenvalue weighted by atomic mass is 10.5. The molecule has 2 rings (SSSR count). The number of nitrogens with zero attached hydrogens (tertiary/aromatic N) is 5. The highest BCUT2D eigenvalue weighted by Gasteiger charge is 2.03. The molecule has 0 aliphatic carbocycles. The molecular formula is C9H13ClN6. The number of aromatic nitrogens is 5. The molecule has 2 N–H and O–H groups in total. The van der Waals surface area contributed by atoms with Gasteiger partial charge in [-0.2, -0.15) is 5.10 Å². The zero-order valence-corrected chi connectivity index (χ0v) is 9.72. The van der Waals surface area contributed by atoms with Crippen LogP contribution in [0.15, 0.2) is 12.4 Å². The number of nitrogens with two attached hydrogens (primary N) is 1. The molecule has 0 bridgehead atoms. The average Bonchev–Trinajstić information content (AvgIpc) is 2.84. The molecule has 16 heavy (non-hydrogen) atoms. The monoisotopic (exact) mass is 240 g/mol. The van der Waals surface area contributed by atoms with Crippen molar-refractivity contribution in [2.75, 3.05) is 0 Å². The summed E-state index contributed by atoms with van der Waals surface area (Å²) < 4.78 is 3.54. The van der Waals surface area contributed by atoms with E-state index in [-0.39, 0.29) is 0 Å². The molecule has 0 aliphatic rings. The van der Waals surface area contributed by atoms with Gasteiger partial charge in [0.05, 0.1) is 29.5 Å². The standard InChI is InChI=1S/C9H13ClN6/c1-7-9(10)6-15(13-7)2-3-16-5-8(4-11)12-14-16/h5-6H,2-4,11H2,1H3. The fraction of sp³-hybridized carbons (Fsp3) is 0.444. The van der Waals surface area contributed by atoms with E-state index in [1.807, 2.05) is 13.1 Å². The Morgan fingerprint density at radius 3 is 2.62 bits per heavy atom. The lowest BCUT2D eigenvalue weighted by molar-refractivity contribution is 0.488. The van der Waals surface area contributed by atoms with E-state index >= 15 is 0 Å². The lowest BCUT2D eigenvalue weighted by Gasteiger charge is -2.00. The summed E-state index contributed by atoms with van der Waals surface area (Å²) in [6.07, 6.45) is 3.63. The van der Waals surface area contributed by atoms with E-state index in [1.165, 1.54) is 0 Å². The molecule has 2 heterocycles. The van der Waals surface area contributed by atoms with Crippen LogP contribution in [0.25, 0.3) is 0 Å². The highest BCUT2D eigenvalue weighted by atomic mass is 35.5. The predicted octanol–water partition coefficient (Wildman–Crippen LogP) is 0.595. The van der Waals surface area contributed by atoms with Crippen molar-refractivity contribution < 1.29 is 0 Å². The largest absolute Gasteiger partial charge is 0.325 e. The summed E-state index contributed by atoms with van der Waals surface area (Å²) in [5.74, 6) is 0. The van der Waals surface area contributed by atoms with E-state index in [0.29, 0.717) is 24.7 Å². The summed E-state index contributed by atoms with van der Waals surface area (Å²) in [7, 11) is 0. The molecule has 2 aromatic rings. The summed E-state index contributed by atoms with van der Waals surface area (Å²) in [5, 5.41) is 12.8. The van der Waals surface area contributed by atoms with Crippen molar-refractivity contribution in [2.45, 2.75) is 26.6 Å². The first kappa shape index (κ1) is 11.1. The topological polar surface area (TPSA) is 74.5 Å². The Morgan fingerprint density at radius 2 is 2.06 bits per heavy atom. The summed E-state index contributed by atoms with van der Waals surface area (Å²) >= 11 is 5.90. The van der Waals surface area contributed by atoms with Gasteiger partial charge in [-0.15, -0.1) is 5.10 Å². The first-order chi connectivity index (χ1) is 7.69. The van der Waals surface area contributed by atoms with Crippen molar-refractivity contribution in [3.05, 3.63) is 28.8 Å². The van der Waals surface area contributed by atoms with Crippen molar-refractivity contribution in [1.29, 1.82) is 0 Å². The summed E-state index contributed by atoms with van der Waals surface area (Å²) in [4.78, 5) is 0. The van der Waals surface area contributed by atoms with Gasteiger partial charge < -0.3 is 5.73 Å². The second-order valence-corrected chi connectivity index (χ2v) is 3.91. The average molecular weight is 241 g/mol. The Bertz CT molecular complexity index is 455. The third kappa shape index (κ3) is 2.40. The van der Waals surface area contributed by atoms with Crippen molar-refractivity contribution in [2.24, 2.45) is 5.73 Å². The van der Waals surface area contributed by atoms with Gasteiger partial charge in [0.1, 0.15) is 0 Å². The van der Waals surface area contributed by atoms with Gasteiger partial charge in [0, 0.05) is 18.9 Å². The first-order valence-electron chi connectivity index (χ1n) is 4.97. The molecule has 0 aliphatic heterocycles. The van der Waals surface area contributed by atoms with Crippen LogP contribution < -0.4 is 5.73 Å². The smallest absolute Gasteiger partial charge is 0.0962 e. The van der Waals surface area contributed by atoms with Crippen molar-refractivity contribution in [1.82, 2.24) is 24.8 Å². The minimum absolute atomic E-state index is 0.409. The van der Waals surface area contributed by atoms with Crippen LogP contribution in [0.3, 0.4) is 0 Å². The highest BCUT2D eigenvalue weighted by molar-refractivity contribution is 6.31. The SMILES string of the molecule is Cc1nn(CCn2cc(CN)nn2)cc1Cl. The molecule has 86 valence electrons. The van der Waals surface area contributed by atoms with Gasteiger partial charge in [-0.1, -0.05) is 16.8 Å². The van der Waals surface area contributed by atoms with Crippen LogP contribution >= 0.6 is 11.6 Å². The maximum Gasteiger partial charge on any atom is 0.0962 e. The predicted molar refractivity (Wildman–Crippen MR) is 59.9 cm³/mol. The molecule has 2 aromatic heterocycles. The molecule has 0 saturated heterocycles. The third-order valence-corrected chi connectivity index (χ3v) is 2.61. The van der Waals surface area contributed by atoms with Crippen LogP contribution in [-0.2, 0) is 19.6 Å². The van der Waals surface area contributed by atoms with Crippen LogP contribution in [0.2, 0.25) is 5.02 Å². The molecule has 0 saturated carbocycles. The number of halogens is 1. The van der Waals surface area contributed by atoms with Gasteiger partial charge in [0.2, 0.25) is 0 Å². The highest BCUT2D eigenvalue weighted by Crippen LogP contribution is 2.11. The minimum atomic E-state index is 0.409. The van der Waals surface area contributed by atoms with E-state index in [2.05, 4.69) is 15.4 Å². The van der Waals surface area contributed by atoms with E-state index < -0.39 is 0 Å². The Morgan fingerprint density at radius 1 is 1.31 bits per heavy atom. The Kier molecular flexibility index (Phi) is 3.21. The van der Waals surface area contributed by atoms with Crippen LogP contribution in [-0.4, -0.2) is 24.8 Å². The molecule has 7 heteroatoms. The Hall–Kier alpha value is -1.40. The van der Waals surface area contributed by atoms with Crippen LogP contribution in [0.1, 0.15) is 11.4 Å². The molecule has 0 unspecified atom stereocenters. The summed E-state index contributed by atoms with van der Waals surface area (Å²) in [5.41, 5.74) is 7.07. The van der Waals surface area contributed by atoms with Gasteiger partial charge in [0.25, 0.3) is 0 Å². The number of hydrogen-bond donors (Lipinski definition) is 1. The zero-order chi connectivity index (χ0) is 11.5. The molecule has 6 nitrogen and oxygen atoms in total. The van der Waals surface area contributed by atoms with Gasteiger partial charge in [-0.3, -0.25) is 9.36 Å². The van der Waals surface area contributed by atoms with E-state index in [0.717, 1.165) is 11.4 Å². The zero-order valence-electron chi connectivity index (χ0n) is 8.97. The molecular weight excluding hydrogens is 228 g/mol. The molecule has 0 spiro atoms. The molecule has 0 amide bonds. The van der Waals surface area contributed by atoms with Crippen LogP contribution in [0.5, 0.6) is 0 Å². The van der Waals surface area contributed by atoms with Crippen molar-refractivity contribution >= 4 is 11.6 Å². The summed E-state index contributed by atoms with van der Waals surface area (Å²) in [6.45, 7) is 3.69. The van der Waals surface area contributed by atoms with Gasteiger partial charge in [0.15, 0.2) is 0 Å². The van der Waals surface area contributed by atoms with Crippen molar-refractivity contribution in [3.63, 3.8) is 0 Å². The Balaban J connectivity index is 1.96. The quantitative estimate of drug-likeness (QED) is 0.849. The third-order valence-electron chi connectivity index (χ3n) is 2.24. The normalized spacial score (nSPS) is 10.9. The minimum Gasteiger partial charge on any atom is -0.325 e. The fourth-order valence-corrected chi connectivity index (χ4v) is 1.50. The maximum absolute atomic E-state index is 5.90. The van der Waals surface area contributed by atoms with Gasteiger partial charge in [-0.05, 0) is 6.92 Å². The maximum atomic E-state index is 5.90. The number of hydrogen-bond acceptors (Lipinski definition) is 4. The van der Waals surface area contributed by atoms with Crippen LogP contribution in [0.4, 0.5) is 0 Å². The lowest BCUT2D eigenvalue weighted by Crippen LogP contribution is -2.08. The molecule has 0 atom stereocenters. The van der Waals surface area contributed by atoms with E-state index in [4.69, 9.17) is 17.3 Å². The number of rotatable bonds is 4. The van der Waals surface area contributed by atoms with Crippen LogP contribution in [0, 0.1) is 6.92 Å². The molecule has 0 aromatic carbocycles. The van der Waals surface area contributed by atoms with E-state index in [1.54, 1.807) is 15.6 Å². The second kappa shape index (κ2) is 4.63. The first-order valence-corrected chi connectivity index (χ1v) is 5.35. The van der Waals surface area contributed by atoms with Gasteiger partial charge in [-0.25, -0.2) is 0 Å². The van der Waals surface area contributed by atoms with Gasteiger partial charge >= 0.3 is 0 Å². The fourth-order valence-electron chi connectivity index (χ4n) is 1.35. The second-order valence-electron chi connectivity index (χ2n) is 3.50. The molecule has 0 fully saturated rings. The summed E-state index contributed by atoms with van der Waals surface area (Å²) in [6, 6.07) is 0. The Labute approximate surface area is 98.0 Å². The molecule has 0 radical (unpaired) electrons. The number of aryl methyl sites for hydroxylation is 3. The van der Waals surface area contributed by atoms with E-state index in [9.17, 15) is 0 Å². The van der Waals surface area contributed by atoms with Crippen molar-refractivity contribution in [3.8, 4) is 0 Å².